The van der Waals surface area contributed by atoms with Gasteiger partial charge in [0.25, 0.3) is 0 Å². The summed E-state index contributed by atoms with van der Waals surface area (Å²) in [6.45, 7) is -1.14. The van der Waals surface area contributed by atoms with E-state index in [1.165, 1.54) is 18.3 Å². The fraction of sp³-hybridized carbons (Fsp3) is 0.182. The molecule has 0 saturated carbocycles. The van der Waals surface area contributed by atoms with Crippen LogP contribution in [-0.2, 0) is 9.59 Å². The summed E-state index contributed by atoms with van der Waals surface area (Å²) in [5.74, 6) is -2.43. The maximum atomic E-state index is 10.6. The number of hydrazone groups is 1. The minimum absolute atomic E-state index is 0.147. The zero-order valence-corrected chi connectivity index (χ0v) is 12.2. The van der Waals surface area contributed by atoms with Crippen LogP contribution in [0.4, 0.5) is 0 Å². The molecule has 0 unspecified atom stereocenters. The normalized spacial score (nSPS) is 10.8. The van der Waals surface area contributed by atoms with Gasteiger partial charge in [-0.3, -0.25) is 14.6 Å². The van der Waals surface area contributed by atoms with E-state index >= 15 is 0 Å². The van der Waals surface area contributed by atoms with Crippen molar-refractivity contribution in [3.63, 3.8) is 0 Å². The van der Waals surface area contributed by atoms with E-state index in [9.17, 15) is 9.59 Å². The van der Waals surface area contributed by atoms with Crippen molar-refractivity contribution < 1.29 is 19.8 Å². The van der Waals surface area contributed by atoms with Crippen molar-refractivity contribution in [1.82, 2.24) is 5.01 Å². The lowest BCUT2D eigenvalue weighted by Gasteiger charge is -2.14. The number of aliphatic carboxylic acids is 2. The number of hydrogen-bond donors (Lipinski definition) is 2. The van der Waals surface area contributed by atoms with E-state index in [0.29, 0.717) is 0 Å². The Bertz CT molecular complexity index is 547. The largest absolute Gasteiger partial charge is 0.480 e. The average Bonchev–Trinajstić information content (AvgIpc) is 2.32. The summed E-state index contributed by atoms with van der Waals surface area (Å²) < 4.78 is 0. The third-order valence-corrected chi connectivity index (χ3v) is 3.21. The minimum Gasteiger partial charge on any atom is -0.480 e. The van der Waals surface area contributed by atoms with Gasteiger partial charge < -0.3 is 10.2 Å². The Labute approximate surface area is 129 Å². The monoisotopic (exact) mass is 338 g/mol. The molecule has 0 spiro atoms. The second-order valence-corrected chi connectivity index (χ2v) is 4.80. The number of carboxylic acids is 2. The van der Waals surface area contributed by atoms with E-state index in [0.717, 1.165) is 5.01 Å². The molecule has 0 radical (unpaired) electrons. The van der Waals surface area contributed by atoms with Crippen LogP contribution in [-0.4, -0.2) is 46.5 Å². The molecule has 0 fully saturated rings. The van der Waals surface area contributed by atoms with Gasteiger partial charge in [-0.25, -0.2) is 0 Å². The lowest BCUT2D eigenvalue weighted by Crippen LogP contribution is -2.30. The Morgan fingerprint density at radius 3 is 2.10 bits per heavy atom. The number of carbonyl (C=O) groups is 2. The molecule has 1 aromatic rings. The van der Waals surface area contributed by atoms with Crippen LogP contribution in [0.15, 0.2) is 17.2 Å². The lowest BCUT2D eigenvalue weighted by molar-refractivity contribution is -0.141. The van der Waals surface area contributed by atoms with Crippen molar-refractivity contribution in [2.24, 2.45) is 5.10 Å². The first kappa shape index (κ1) is 16.6. The van der Waals surface area contributed by atoms with E-state index in [4.69, 9.17) is 45.0 Å². The van der Waals surface area contributed by atoms with Gasteiger partial charge in [0, 0.05) is 5.56 Å². The second-order valence-electron chi connectivity index (χ2n) is 3.61. The van der Waals surface area contributed by atoms with Crippen LogP contribution in [0, 0.1) is 0 Å². The maximum absolute atomic E-state index is 10.6. The predicted octanol–water partition coefficient (Wildman–Crippen LogP) is 2.45. The molecule has 0 amide bonds. The molecule has 0 aromatic heterocycles. The predicted molar refractivity (Wildman–Crippen MR) is 75.9 cm³/mol. The number of carboxylic acid groups (broad SMARTS) is 2. The zero-order valence-electron chi connectivity index (χ0n) is 9.89. The highest BCUT2D eigenvalue weighted by molar-refractivity contribution is 6.45. The minimum atomic E-state index is -1.22. The SMILES string of the molecule is O=C(O)CN(CC(=O)O)/N=C\c1c(Cl)ccc(Cl)c1Cl. The van der Waals surface area contributed by atoms with Gasteiger partial charge in [0.05, 0.1) is 21.3 Å². The van der Waals surface area contributed by atoms with Gasteiger partial charge >= 0.3 is 11.9 Å². The van der Waals surface area contributed by atoms with Crippen molar-refractivity contribution in [3.8, 4) is 0 Å². The Balaban J connectivity index is 3.00. The topological polar surface area (TPSA) is 90.2 Å². The Morgan fingerprint density at radius 1 is 1.10 bits per heavy atom. The van der Waals surface area contributed by atoms with Crippen LogP contribution in [0.3, 0.4) is 0 Å². The number of benzene rings is 1. The molecule has 108 valence electrons. The van der Waals surface area contributed by atoms with Crippen LogP contribution in [0.2, 0.25) is 15.1 Å². The highest BCUT2D eigenvalue weighted by Crippen LogP contribution is 2.30. The molecule has 0 bridgehead atoms. The number of rotatable bonds is 6. The summed E-state index contributed by atoms with van der Waals surface area (Å²) in [4.78, 5) is 21.2. The Kier molecular flexibility index (Phi) is 6.06. The smallest absolute Gasteiger partial charge is 0.324 e. The summed E-state index contributed by atoms with van der Waals surface area (Å²) in [5, 5.41) is 22.6. The molecule has 1 rings (SSSR count). The molecule has 9 heteroatoms. The van der Waals surface area contributed by atoms with Crippen molar-refractivity contribution in [1.29, 1.82) is 0 Å². The molecule has 0 atom stereocenters. The Morgan fingerprint density at radius 2 is 1.60 bits per heavy atom. The van der Waals surface area contributed by atoms with Crippen LogP contribution < -0.4 is 0 Å². The highest BCUT2D eigenvalue weighted by atomic mass is 35.5. The van der Waals surface area contributed by atoms with Gasteiger partial charge in [-0.2, -0.15) is 5.10 Å². The number of halogens is 3. The lowest BCUT2D eigenvalue weighted by atomic mass is 10.2. The van der Waals surface area contributed by atoms with E-state index < -0.39 is 25.0 Å². The fourth-order valence-corrected chi connectivity index (χ4v) is 1.88. The van der Waals surface area contributed by atoms with E-state index in [-0.39, 0.29) is 20.6 Å². The molecule has 20 heavy (non-hydrogen) atoms. The number of nitrogens with zero attached hydrogens (tertiary/aromatic N) is 2. The fourth-order valence-electron chi connectivity index (χ4n) is 1.25. The van der Waals surface area contributed by atoms with Gasteiger partial charge in [-0.05, 0) is 12.1 Å². The standard InChI is InChI=1S/C11H9Cl3N2O4/c12-7-1-2-8(13)11(14)6(7)3-15-16(4-9(17)18)5-10(19)20/h1-3H,4-5H2,(H,17,18)(H,19,20)/b15-3-. The van der Waals surface area contributed by atoms with Gasteiger partial charge in [-0.1, -0.05) is 34.8 Å². The first-order valence-corrected chi connectivity index (χ1v) is 6.30. The zero-order chi connectivity index (χ0) is 15.3. The van der Waals surface area contributed by atoms with E-state index in [1.807, 2.05) is 0 Å². The first-order chi connectivity index (χ1) is 9.31. The molecule has 0 aliphatic heterocycles. The van der Waals surface area contributed by atoms with Gasteiger partial charge in [0.2, 0.25) is 0 Å². The summed E-state index contributed by atoms with van der Waals surface area (Å²) in [7, 11) is 0. The summed E-state index contributed by atoms with van der Waals surface area (Å²) in [6.07, 6.45) is 1.17. The third-order valence-electron chi connectivity index (χ3n) is 2.07. The molecule has 0 saturated heterocycles. The molecule has 2 N–H and O–H groups in total. The Hall–Kier alpha value is -1.50. The first-order valence-electron chi connectivity index (χ1n) is 5.17. The molecule has 1 aromatic carbocycles. The molecule has 0 aliphatic carbocycles. The van der Waals surface area contributed by atoms with Gasteiger partial charge in [0.1, 0.15) is 13.1 Å². The van der Waals surface area contributed by atoms with Crippen molar-refractivity contribution >= 4 is 53.0 Å². The van der Waals surface area contributed by atoms with Crippen LogP contribution in [0.1, 0.15) is 5.56 Å². The van der Waals surface area contributed by atoms with Crippen LogP contribution in [0.25, 0.3) is 0 Å². The molecule has 0 aliphatic rings. The van der Waals surface area contributed by atoms with E-state index in [1.54, 1.807) is 0 Å². The summed E-state index contributed by atoms with van der Waals surface area (Å²) in [5.41, 5.74) is 0.279. The van der Waals surface area contributed by atoms with Crippen molar-refractivity contribution in [3.05, 3.63) is 32.8 Å². The summed E-state index contributed by atoms with van der Waals surface area (Å²) in [6, 6.07) is 2.99. The van der Waals surface area contributed by atoms with Gasteiger partial charge in [0.15, 0.2) is 0 Å². The van der Waals surface area contributed by atoms with Gasteiger partial charge in [-0.15, -0.1) is 0 Å². The third kappa shape index (κ3) is 4.88. The van der Waals surface area contributed by atoms with E-state index in [2.05, 4.69) is 5.10 Å². The molecular weight excluding hydrogens is 330 g/mol. The average molecular weight is 340 g/mol. The molecular formula is C11H9Cl3N2O4. The van der Waals surface area contributed by atoms with Crippen molar-refractivity contribution in [2.75, 3.05) is 13.1 Å². The number of hydrogen-bond acceptors (Lipinski definition) is 4. The second kappa shape index (κ2) is 7.33. The van der Waals surface area contributed by atoms with Crippen molar-refractivity contribution in [2.45, 2.75) is 0 Å². The van der Waals surface area contributed by atoms with Crippen LogP contribution in [0.5, 0.6) is 0 Å². The maximum Gasteiger partial charge on any atom is 0.324 e. The quantitative estimate of drug-likeness (QED) is 0.472. The van der Waals surface area contributed by atoms with Crippen LogP contribution >= 0.6 is 34.8 Å². The molecule has 0 heterocycles. The molecule has 6 nitrogen and oxygen atoms in total. The summed E-state index contributed by atoms with van der Waals surface area (Å²) >= 11 is 17.7. The highest BCUT2D eigenvalue weighted by Gasteiger charge is 2.12.